The molecule has 0 saturated heterocycles. The Hall–Kier alpha value is -1.14. The fourth-order valence-corrected chi connectivity index (χ4v) is 1.21. The third-order valence-electron chi connectivity index (χ3n) is 1.42. The van der Waals surface area contributed by atoms with E-state index >= 15 is 0 Å². The van der Waals surface area contributed by atoms with Crippen LogP contribution in [0.4, 0.5) is 5.69 Å². The summed E-state index contributed by atoms with van der Waals surface area (Å²) in [6.07, 6.45) is 1.49. The highest BCUT2D eigenvalue weighted by Crippen LogP contribution is 2.09. The van der Waals surface area contributed by atoms with Crippen molar-refractivity contribution in [3.63, 3.8) is 0 Å². The second kappa shape index (κ2) is 4.92. The zero-order valence-corrected chi connectivity index (χ0v) is 9.05. The molecule has 1 aromatic rings. The maximum atomic E-state index is 11.2. The molecule has 0 spiro atoms. The van der Waals surface area contributed by atoms with Crippen molar-refractivity contribution >= 4 is 27.5 Å². The van der Waals surface area contributed by atoms with Gasteiger partial charge >= 0.3 is 0 Å². The lowest BCUT2D eigenvalue weighted by Gasteiger charge is -2.03. The molecule has 0 radical (unpaired) electrons. The maximum absolute atomic E-state index is 11.2. The summed E-state index contributed by atoms with van der Waals surface area (Å²) < 4.78 is 5.29. The Balaban J connectivity index is 2.81. The van der Waals surface area contributed by atoms with Gasteiger partial charge in [0.05, 0.1) is 0 Å². The van der Waals surface area contributed by atoms with Gasteiger partial charge in [0, 0.05) is 17.8 Å². The van der Waals surface area contributed by atoms with Gasteiger partial charge in [-0.2, -0.15) is 0 Å². The Morgan fingerprint density at radius 2 is 2.43 bits per heavy atom. The van der Waals surface area contributed by atoms with E-state index in [4.69, 9.17) is 0 Å². The number of rotatable bonds is 3. The Morgan fingerprint density at radius 1 is 1.71 bits per heavy atom. The first-order valence-electron chi connectivity index (χ1n) is 3.80. The van der Waals surface area contributed by atoms with Crippen molar-refractivity contribution in [2.24, 2.45) is 0 Å². The Kier molecular flexibility index (Phi) is 3.84. The number of pyridine rings is 1. The highest BCUT2D eigenvalue weighted by molar-refractivity contribution is 9.10. The topological polar surface area (TPSA) is 71.2 Å². The lowest BCUT2D eigenvalue weighted by Crippen LogP contribution is -2.22. The predicted octanol–water partition coefficient (Wildman–Crippen LogP) is 0.722. The van der Waals surface area contributed by atoms with Crippen molar-refractivity contribution in [1.82, 2.24) is 4.98 Å². The number of H-pyrrole nitrogens is 1. The Morgan fingerprint density at radius 3 is 3.07 bits per heavy atom. The number of ether oxygens (including phenoxy) is 1. The van der Waals surface area contributed by atoms with E-state index in [0.717, 1.165) is 0 Å². The van der Waals surface area contributed by atoms with Crippen LogP contribution in [0.2, 0.25) is 0 Å². The van der Waals surface area contributed by atoms with Crippen molar-refractivity contribution in [2.45, 2.75) is 0 Å². The molecular formula is C8H9BrN2O3. The third-order valence-corrected chi connectivity index (χ3v) is 1.88. The molecular weight excluding hydrogens is 252 g/mol. The number of hydrogen-bond donors (Lipinski definition) is 2. The highest BCUT2D eigenvalue weighted by Gasteiger charge is 2.05. The van der Waals surface area contributed by atoms with E-state index in [2.05, 4.69) is 31.0 Å². The van der Waals surface area contributed by atoms with Crippen LogP contribution in [0, 0.1) is 0 Å². The molecule has 1 heterocycles. The second-order valence-electron chi connectivity index (χ2n) is 2.54. The standard InChI is InChI=1S/C8H9BrN2O3/c1-14-4-7(12)11-6-2-5(9)3-10-8(6)13/h2-3H,4H2,1H3,(H,10,13)(H,11,12). The molecule has 76 valence electrons. The van der Waals surface area contributed by atoms with Gasteiger partial charge in [0.1, 0.15) is 12.3 Å². The Bertz CT molecular complexity index is 388. The SMILES string of the molecule is COCC(=O)Nc1cc(Br)c[nH]c1=O. The molecule has 0 saturated carbocycles. The van der Waals surface area contributed by atoms with Gasteiger partial charge in [0.25, 0.3) is 5.56 Å². The van der Waals surface area contributed by atoms with Crippen molar-refractivity contribution in [1.29, 1.82) is 0 Å². The summed E-state index contributed by atoms with van der Waals surface area (Å²) >= 11 is 3.17. The average Bonchev–Trinajstić information content (AvgIpc) is 2.12. The number of aromatic amines is 1. The number of anilines is 1. The van der Waals surface area contributed by atoms with Crippen LogP contribution in [-0.2, 0) is 9.53 Å². The lowest BCUT2D eigenvalue weighted by atomic mass is 10.4. The van der Waals surface area contributed by atoms with E-state index < -0.39 is 0 Å². The first-order valence-corrected chi connectivity index (χ1v) is 4.60. The summed E-state index contributed by atoms with van der Waals surface area (Å²) in [6.45, 7) is -0.0774. The lowest BCUT2D eigenvalue weighted by molar-refractivity contribution is -0.119. The van der Waals surface area contributed by atoms with Gasteiger partial charge < -0.3 is 15.0 Å². The molecule has 0 aliphatic heterocycles. The van der Waals surface area contributed by atoms with Gasteiger partial charge in [-0.15, -0.1) is 0 Å². The van der Waals surface area contributed by atoms with E-state index in [1.807, 2.05) is 0 Å². The van der Waals surface area contributed by atoms with E-state index in [-0.39, 0.29) is 23.8 Å². The van der Waals surface area contributed by atoms with E-state index in [9.17, 15) is 9.59 Å². The van der Waals surface area contributed by atoms with Crippen molar-refractivity contribution in [2.75, 3.05) is 19.0 Å². The number of methoxy groups -OCH3 is 1. The quantitative estimate of drug-likeness (QED) is 0.842. The van der Waals surface area contributed by atoms with Gasteiger partial charge in [0.2, 0.25) is 5.91 Å². The maximum Gasteiger partial charge on any atom is 0.271 e. The molecule has 0 atom stereocenters. The van der Waals surface area contributed by atoms with E-state index in [1.165, 1.54) is 19.4 Å². The largest absolute Gasteiger partial charge is 0.375 e. The minimum absolute atomic E-state index is 0.0774. The van der Waals surface area contributed by atoms with Crippen LogP contribution in [0.3, 0.4) is 0 Å². The normalized spacial score (nSPS) is 9.86. The van der Waals surface area contributed by atoms with Crippen LogP contribution < -0.4 is 10.9 Å². The number of carbonyl (C=O) groups excluding carboxylic acids is 1. The number of halogens is 1. The first-order chi connectivity index (χ1) is 6.63. The zero-order chi connectivity index (χ0) is 10.6. The number of amides is 1. The number of nitrogens with one attached hydrogen (secondary N) is 2. The second-order valence-corrected chi connectivity index (χ2v) is 3.46. The number of hydrogen-bond acceptors (Lipinski definition) is 3. The summed E-state index contributed by atoms with van der Waals surface area (Å²) in [5.74, 6) is -0.365. The summed E-state index contributed by atoms with van der Waals surface area (Å²) in [4.78, 5) is 24.7. The molecule has 1 aromatic heterocycles. The summed E-state index contributed by atoms with van der Waals surface area (Å²) in [6, 6.07) is 1.52. The molecule has 2 N–H and O–H groups in total. The fraction of sp³-hybridized carbons (Fsp3) is 0.250. The summed E-state index contributed by atoms with van der Waals surface area (Å²) in [7, 11) is 1.41. The van der Waals surface area contributed by atoms with Gasteiger partial charge in [-0.05, 0) is 22.0 Å². The van der Waals surface area contributed by atoms with Crippen LogP contribution in [0.25, 0.3) is 0 Å². The summed E-state index contributed by atoms with van der Waals surface area (Å²) in [5, 5.41) is 2.41. The smallest absolute Gasteiger partial charge is 0.271 e. The molecule has 0 unspecified atom stereocenters. The van der Waals surface area contributed by atoms with Gasteiger partial charge in [-0.25, -0.2) is 0 Å². The fourth-order valence-electron chi connectivity index (χ4n) is 0.868. The minimum atomic E-state index is -0.365. The molecule has 0 aliphatic carbocycles. The van der Waals surface area contributed by atoms with E-state index in [0.29, 0.717) is 4.47 Å². The molecule has 0 aromatic carbocycles. The molecule has 1 amide bonds. The zero-order valence-electron chi connectivity index (χ0n) is 7.46. The molecule has 1 rings (SSSR count). The van der Waals surface area contributed by atoms with Crippen LogP contribution in [0.5, 0.6) is 0 Å². The van der Waals surface area contributed by atoms with Crippen LogP contribution in [0.15, 0.2) is 21.5 Å². The van der Waals surface area contributed by atoms with Gasteiger partial charge in [0.15, 0.2) is 0 Å². The van der Waals surface area contributed by atoms with Crippen LogP contribution >= 0.6 is 15.9 Å². The van der Waals surface area contributed by atoms with Crippen molar-refractivity contribution in [3.05, 3.63) is 27.1 Å². The first kappa shape index (κ1) is 10.9. The highest BCUT2D eigenvalue weighted by atomic mass is 79.9. The molecule has 0 bridgehead atoms. The monoisotopic (exact) mass is 260 g/mol. The van der Waals surface area contributed by atoms with Crippen LogP contribution in [-0.4, -0.2) is 24.6 Å². The summed E-state index contributed by atoms with van der Waals surface area (Å²) in [5.41, 5.74) is -0.154. The van der Waals surface area contributed by atoms with Crippen LogP contribution in [0.1, 0.15) is 0 Å². The molecule has 0 fully saturated rings. The van der Waals surface area contributed by atoms with Gasteiger partial charge in [-0.3, -0.25) is 9.59 Å². The molecule has 6 heteroatoms. The number of carbonyl (C=O) groups is 1. The minimum Gasteiger partial charge on any atom is -0.375 e. The molecule has 0 aliphatic rings. The molecule has 5 nitrogen and oxygen atoms in total. The predicted molar refractivity (Wildman–Crippen MR) is 55.3 cm³/mol. The van der Waals surface area contributed by atoms with E-state index in [1.54, 1.807) is 0 Å². The third kappa shape index (κ3) is 2.97. The Labute approximate surface area is 88.6 Å². The van der Waals surface area contributed by atoms with Crippen molar-refractivity contribution < 1.29 is 9.53 Å². The number of aromatic nitrogens is 1. The van der Waals surface area contributed by atoms with Gasteiger partial charge in [-0.1, -0.05) is 0 Å². The van der Waals surface area contributed by atoms with Crippen molar-refractivity contribution in [3.8, 4) is 0 Å². The average molecular weight is 261 g/mol. The molecule has 14 heavy (non-hydrogen) atoms.